The van der Waals surface area contributed by atoms with Gasteiger partial charge in [-0.3, -0.25) is 9.59 Å². The van der Waals surface area contributed by atoms with Crippen molar-refractivity contribution in [1.82, 2.24) is 4.90 Å². The maximum atomic E-state index is 12.5. The Bertz CT molecular complexity index is 747. The summed E-state index contributed by atoms with van der Waals surface area (Å²) in [6.07, 6.45) is 0. The van der Waals surface area contributed by atoms with Gasteiger partial charge in [-0.2, -0.15) is 0 Å². The molecule has 0 fully saturated rings. The smallest absolute Gasteiger partial charge is 0.259 e. The van der Waals surface area contributed by atoms with Crippen LogP contribution >= 0.6 is 0 Å². The first-order valence-corrected chi connectivity index (χ1v) is 8.43. The quantitative estimate of drug-likeness (QED) is 0.799. The summed E-state index contributed by atoms with van der Waals surface area (Å²) < 4.78 is 5.46. The van der Waals surface area contributed by atoms with Crippen LogP contribution in [0.4, 0.5) is 5.69 Å². The minimum absolute atomic E-state index is 0.0559. The van der Waals surface area contributed by atoms with E-state index in [1.165, 1.54) is 4.90 Å². The van der Waals surface area contributed by atoms with Gasteiger partial charge in [0.15, 0.2) is 6.61 Å². The van der Waals surface area contributed by atoms with E-state index in [0.717, 1.165) is 5.56 Å². The molecule has 0 aromatic heterocycles. The lowest BCUT2D eigenvalue weighted by Gasteiger charge is -2.20. The van der Waals surface area contributed by atoms with Crippen molar-refractivity contribution in [1.29, 1.82) is 0 Å². The summed E-state index contributed by atoms with van der Waals surface area (Å²) in [6, 6.07) is 16.1. The molecule has 0 bridgehead atoms. The maximum absolute atomic E-state index is 12.5. The number of hydrogen-bond acceptors (Lipinski definition) is 4. The Hall–Kier alpha value is -2.86. The van der Waals surface area contributed by atoms with Crippen LogP contribution in [0.3, 0.4) is 0 Å². The first-order chi connectivity index (χ1) is 12.4. The Labute approximate surface area is 153 Å². The van der Waals surface area contributed by atoms with Gasteiger partial charge in [0.05, 0.1) is 5.92 Å². The summed E-state index contributed by atoms with van der Waals surface area (Å²) in [4.78, 5) is 25.6. The number of amides is 2. The monoisotopic (exact) mass is 355 g/mol. The van der Waals surface area contributed by atoms with Crippen LogP contribution in [0.1, 0.15) is 18.5 Å². The topological polar surface area (TPSA) is 84.7 Å². The number of ether oxygens (including phenoxy) is 1. The Kier molecular flexibility index (Phi) is 6.74. The Balaban J connectivity index is 1.98. The number of nitrogens with two attached hydrogens (primary N) is 1. The molecular weight excluding hydrogens is 330 g/mol. The number of rotatable bonds is 7. The van der Waals surface area contributed by atoms with E-state index in [4.69, 9.17) is 10.5 Å². The van der Waals surface area contributed by atoms with Crippen molar-refractivity contribution < 1.29 is 14.3 Å². The van der Waals surface area contributed by atoms with Crippen LogP contribution in [0.15, 0.2) is 54.6 Å². The second kappa shape index (κ2) is 9.01. The minimum atomic E-state index is -0.405. The second-order valence-electron chi connectivity index (χ2n) is 6.32. The fourth-order valence-electron chi connectivity index (χ4n) is 2.32. The molecule has 0 spiro atoms. The molecule has 2 amide bonds. The lowest BCUT2D eigenvalue weighted by molar-refractivity contribution is -0.130. The standard InChI is InChI=1S/C20H25N3O3/c1-14(19(21)15-8-5-4-6-9-15)20(25)22-16-10-7-11-17(12-16)26-13-18(24)23(2)3/h4-12,14,19H,13,21H2,1-3H3,(H,22,25). The molecule has 0 aliphatic rings. The van der Waals surface area contributed by atoms with Crippen LogP contribution in [0.25, 0.3) is 0 Å². The zero-order valence-electron chi connectivity index (χ0n) is 15.3. The zero-order chi connectivity index (χ0) is 19.1. The van der Waals surface area contributed by atoms with Crippen molar-refractivity contribution in [2.75, 3.05) is 26.0 Å². The van der Waals surface area contributed by atoms with Crippen LogP contribution in [0.5, 0.6) is 5.75 Å². The zero-order valence-corrected chi connectivity index (χ0v) is 15.3. The summed E-state index contributed by atoms with van der Waals surface area (Å²) in [7, 11) is 3.33. The van der Waals surface area contributed by atoms with Gasteiger partial charge in [-0.05, 0) is 17.7 Å². The molecule has 0 aliphatic carbocycles. The first-order valence-electron chi connectivity index (χ1n) is 8.43. The third-order valence-corrected chi connectivity index (χ3v) is 4.10. The van der Waals surface area contributed by atoms with Crippen molar-refractivity contribution in [3.05, 3.63) is 60.2 Å². The van der Waals surface area contributed by atoms with Crippen LogP contribution < -0.4 is 15.8 Å². The summed E-state index contributed by atoms with van der Waals surface area (Å²) in [6.45, 7) is 1.74. The largest absolute Gasteiger partial charge is 0.484 e. The number of hydrogen-bond donors (Lipinski definition) is 2. The van der Waals surface area contributed by atoms with Crippen LogP contribution in [-0.4, -0.2) is 37.4 Å². The van der Waals surface area contributed by atoms with Crippen molar-refractivity contribution in [2.24, 2.45) is 11.7 Å². The molecular formula is C20H25N3O3. The molecule has 0 heterocycles. The van der Waals surface area contributed by atoms with E-state index in [1.807, 2.05) is 30.3 Å². The summed E-state index contributed by atoms with van der Waals surface area (Å²) in [5.74, 6) is -0.208. The van der Waals surface area contributed by atoms with E-state index in [-0.39, 0.29) is 18.4 Å². The number of nitrogens with one attached hydrogen (secondary N) is 1. The number of carbonyl (C=O) groups excluding carboxylic acids is 2. The fourth-order valence-corrected chi connectivity index (χ4v) is 2.32. The van der Waals surface area contributed by atoms with Gasteiger partial charge >= 0.3 is 0 Å². The normalized spacial score (nSPS) is 12.8. The lowest BCUT2D eigenvalue weighted by atomic mass is 9.94. The first kappa shape index (κ1) is 19.5. The predicted octanol–water partition coefficient (Wildman–Crippen LogP) is 2.43. The van der Waals surface area contributed by atoms with E-state index in [9.17, 15) is 9.59 Å². The number of anilines is 1. The molecule has 2 aromatic carbocycles. The fraction of sp³-hybridized carbons (Fsp3) is 0.300. The van der Waals surface area contributed by atoms with Gasteiger partial charge in [0.25, 0.3) is 5.91 Å². The van der Waals surface area contributed by atoms with E-state index in [1.54, 1.807) is 45.3 Å². The van der Waals surface area contributed by atoms with Crippen LogP contribution in [0.2, 0.25) is 0 Å². The highest BCUT2D eigenvalue weighted by molar-refractivity contribution is 5.93. The van der Waals surface area contributed by atoms with Gasteiger partial charge in [0, 0.05) is 31.9 Å². The predicted molar refractivity (Wildman–Crippen MR) is 102 cm³/mol. The molecule has 0 saturated carbocycles. The van der Waals surface area contributed by atoms with Gasteiger partial charge in [0.2, 0.25) is 5.91 Å². The molecule has 3 N–H and O–H groups in total. The third-order valence-electron chi connectivity index (χ3n) is 4.10. The SMILES string of the molecule is CC(C(=O)Nc1cccc(OCC(=O)N(C)C)c1)C(N)c1ccccc1. The van der Waals surface area contributed by atoms with Crippen LogP contribution in [-0.2, 0) is 9.59 Å². The summed E-state index contributed by atoms with van der Waals surface area (Å²) >= 11 is 0. The summed E-state index contributed by atoms with van der Waals surface area (Å²) in [5, 5.41) is 2.85. The highest BCUT2D eigenvalue weighted by Crippen LogP contribution is 2.22. The Morgan fingerprint density at radius 3 is 2.46 bits per heavy atom. The van der Waals surface area contributed by atoms with Crippen molar-refractivity contribution in [2.45, 2.75) is 13.0 Å². The van der Waals surface area contributed by atoms with E-state index < -0.39 is 12.0 Å². The van der Waals surface area contributed by atoms with Gasteiger partial charge in [-0.15, -0.1) is 0 Å². The van der Waals surface area contributed by atoms with Crippen molar-refractivity contribution >= 4 is 17.5 Å². The van der Waals surface area contributed by atoms with Gasteiger partial charge < -0.3 is 20.7 Å². The summed E-state index contributed by atoms with van der Waals surface area (Å²) in [5.41, 5.74) is 7.71. The molecule has 6 nitrogen and oxygen atoms in total. The Morgan fingerprint density at radius 1 is 1.12 bits per heavy atom. The average molecular weight is 355 g/mol. The van der Waals surface area contributed by atoms with E-state index >= 15 is 0 Å². The highest BCUT2D eigenvalue weighted by atomic mass is 16.5. The molecule has 26 heavy (non-hydrogen) atoms. The number of likely N-dealkylation sites (N-methyl/N-ethyl adjacent to an activating group) is 1. The van der Waals surface area contributed by atoms with Gasteiger partial charge in [0.1, 0.15) is 5.75 Å². The Morgan fingerprint density at radius 2 is 1.81 bits per heavy atom. The lowest BCUT2D eigenvalue weighted by Crippen LogP contribution is -2.30. The molecule has 2 atom stereocenters. The molecule has 0 aliphatic heterocycles. The molecule has 0 radical (unpaired) electrons. The van der Waals surface area contributed by atoms with E-state index in [0.29, 0.717) is 11.4 Å². The van der Waals surface area contributed by atoms with E-state index in [2.05, 4.69) is 5.32 Å². The molecule has 6 heteroatoms. The molecule has 0 saturated heterocycles. The number of benzene rings is 2. The highest BCUT2D eigenvalue weighted by Gasteiger charge is 2.22. The molecule has 2 aromatic rings. The van der Waals surface area contributed by atoms with Crippen molar-refractivity contribution in [3.63, 3.8) is 0 Å². The maximum Gasteiger partial charge on any atom is 0.259 e. The van der Waals surface area contributed by atoms with Gasteiger partial charge in [-0.25, -0.2) is 0 Å². The molecule has 2 unspecified atom stereocenters. The minimum Gasteiger partial charge on any atom is -0.484 e. The third kappa shape index (κ3) is 5.32. The second-order valence-corrected chi connectivity index (χ2v) is 6.32. The number of nitrogens with zero attached hydrogens (tertiary/aromatic N) is 1. The average Bonchev–Trinajstić information content (AvgIpc) is 2.65. The van der Waals surface area contributed by atoms with Crippen LogP contribution in [0, 0.1) is 5.92 Å². The molecule has 138 valence electrons. The molecule has 2 rings (SSSR count). The van der Waals surface area contributed by atoms with Gasteiger partial charge in [-0.1, -0.05) is 43.3 Å². The number of carbonyl (C=O) groups is 2. The van der Waals surface area contributed by atoms with Crippen molar-refractivity contribution in [3.8, 4) is 5.75 Å².